The van der Waals surface area contributed by atoms with E-state index < -0.39 is 0 Å². The molecule has 0 aliphatic carbocycles. The Morgan fingerprint density at radius 2 is 1.12 bits per heavy atom. The summed E-state index contributed by atoms with van der Waals surface area (Å²) in [5.74, 6) is 0. The topological polar surface area (TPSA) is 3.24 Å². The summed E-state index contributed by atoms with van der Waals surface area (Å²) in [6, 6.07) is 0. The number of hydrogen-bond donors (Lipinski definition) is 0. The molecule has 0 aliphatic heterocycles. The van der Waals surface area contributed by atoms with Gasteiger partial charge < -0.3 is 4.90 Å². The van der Waals surface area contributed by atoms with Gasteiger partial charge in [-0.2, -0.15) is 0 Å². The summed E-state index contributed by atoms with van der Waals surface area (Å²) < 4.78 is 0. The predicted molar refractivity (Wildman–Crippen MR) is 74.8 cm³/mol. The largest absolute Gasteiger partial charge is 0.305 e. The van der Waals surface area contributed by atoms with Crippen molar-refractivity contribution in [1.29, 1.82) is 0 Å². The van der Waals surface area contributed by atoms with Crippen LogP contribution in [0.4, 0.5) is 0 Å². The lowest BCUT2D eigenvalue weighted by Gasteiger charge is -2.37. The molecule has 98 valence electrons. The maximum atomic E-state index is 2.48. The van der Waals surface area contributed by atoms with Crippen LogP contribution >= 0.6 is 0 Å². The molecule has 1 heteroatoms. The summed E-state index contributed by atoms with van der Waals surface area (Å²) in [6.45, 7) is 21.0. The van der Waals surface area contributed by atoms with E-state index in [-0.39, 0.29) is 0 Å². The van der Waals surface area contributed by atoms with Crippen molar-refractivity contribution in [3.8, 4) is 0 Å². The van der Waals surface area contributed by atoms with Crippen molar-refractivity contribution in [2.75, 3.05) is 20.1 Å². The molecule has 0 radical (unpaired) electrons. The smallest absolute Gasteiger partial charge is 0.00301 e. The highest BCUT2D eigenvalue weighted by Gasteiger charge is 2.27. The second-order valence-electron chi connectivity index (χ2n) is 8.63. The first-order chi connectivity index (χ1) is 6.81. The van der Waals surface area contributed by atoms with Crippen molar-refractivity contribution in [3.05, 3.63) is 0 Å². The zero-order chi connectivity index (χ0) is 13.2. The van der Waals surface area contributed by atoms with E-state index >= 15 is 0 Å². The first-order valence-electron chi connectivity index (χ1n) is 6.49. The molecule has 0 rings (SSSR count). The predicted octanol–water partition coefficient (Wildman–Crippen LogP) is 4.43. The molecule has 0 atom stereocenters. The summed E-state index contributed by atoms with van der Waals surface area (Å²) >= 11 is 0. The lowest BCUT2D eigenvalue weighted by Crippen LogP contribution is -2.38. The molecule has 0 N–H and O–H groups in total. The minimum absolute atomic E-state index is 0.395. The maximum Gasteiger partial charge on any atom is 0.00301 e. The molecule has 0 saturated heterocycles. The van der Waals surface area contributed by atoms with Gasteiger partial charge in [-0.1, -0.05) is 55.4 Å². The van der Waals surface area contributed by atoms with E-state index in [1.807, 2.05) is 0 Å². The Morgan fingerprint density at radius 1 is 0.688 bits per heavy atom. The average molecular weight is 227 g/mol. The van der Waals surface area contributed by atoms with Crippen LogP contribution in [0.25, 0.3) is 0 Å². The normalized spacial score (nSPS) is 14.6. The Morgan fingerprint density at radius 3 is 1.44 bits per heavy atom. The average Bonchev–Trinajstić information content (AvgIpc) is 1.70. The van der Waals surface area contributed by atoms with Gasteiger partial charge in [-0.3, -0.25) is 0 Å². The van der Waals surface area contributed by atoms with Crippen LogP contribution in [0.2, 0.25) is 0 Å². The number of hydrogen-bond acceptors (Lipinski definition) is 1. The highest BCUT2D eigenvalue weighted by molar-refractivity contribution is 4.80. The molecule has 0 unspecified atom stereocenters. The van der Waals surface area contributed by atoms with Crippen molar-refractivity contribution in [2.45, 2.75) is 61.8 Å². The Kier molecular flexibility index (Phi) is 5.07. The quantitative estimate of drug-likeness (QED) is 0.687. The van der Waals surface area contributed by atoms with Crippen LogP contribution in [-0.4, -0.2) is 25.0 Å². The monoisotopic (exact) mass is 227 g/mol. The second kappa shape index (κ2) is 5.08. The molecule has 0 spiro atoms. The van der Waals surface area contributed by atoms with Gasteiger partial charge in [0.25, 0.3) is 0 Å². The van der Waals surface area contributed by atoms with E-state index in [0.29, 0.717) is 16.2 Å². The fourth-order valence-electron chi connectivity index (χ4n) is 3.09. The number of rotatable bonds is 4. The Hall–Kier alpha value is -0.0400. The van der Waals surface area contributed by atoms with Gasteiger partial charge in [-0.25, -0.2) is 0 Å². The van der Waals surface area contributed by atoms with Crippen molar-refractivity contribution < 1.29 is 0 Å². The molecule has 0 aliphatic rings. The summed E-state index contributed by atoms with van der Waals surface area (Å²) in [5.41, 5.74) is 1.22. The summed E-state index contributed by atoms with van der Waals surface area (Å²) in [5, 5.41) is 0. The van der Waals surface area contributed by atoms with Crippen LogP contribution in [0.3, 0.4) is 0 Å². The molecule has 0 saturated carbocycles. The van der Waals surface area contributed by atoms with Gasteiger partial charge in [-0.05, 0) is 29.7 Å². The molecule has 0 aromatic carbocycles. The zero-order valence-corrected chi connectivity index (χ0v) is 13.1. The first kappa shape index (κ1) is 16.0. The van der Waals surface area contributed by atoms with E-state index in [1.165, 1.54) is 19.5 Å². The van der Waals surface area contributed by atoms with Gasteiger partial charge in [0.1, 0.15) is 0 Å². The van der Waals surface area contributed by atoms with Crippen LogP contribution in [0.15, 0.2) is 0 Å². The molecule has 0 aromatic heterocycles. The Bertz CT molecular complexity index is 202. The van der Waals surface area contributed by atoms with Crippen LogP contribution < -0.4 is 0 Å². The van der Waals surface area contributed by atoms with E-state index in [0.717, 1.165) is 0 Å². The van der Waals surface area contributed by atoms with Crippen LogP contribution in [0.5, 0.6) is 0 Å². The third-order valence-electron chi connectivity index (χ3n) is 2.45. The molecule has 0 amide bonds. The number of nitrogens with zero attached hydrogens (tertiary/aromatic N) is 1. The van der Waals surface area contributed by atoms with Crippen LogP contribution in [0.1, 0.15) is 61.8 Å². The van der Waals surface area contributed by atoms with Crippen LogP contribution in [-0.2, 0) is 0 Å². The fourth-order valence-corrected chi connectivity index (χ4v) is 3.09. The highest BCUT2D eigenvalue weighted by atomic mass is 15.1. The van der Waals surface area contributed by atoms with Gasteiger partial charge in [0.05, 0.1) is 0 Å². The van der Waals surface area contributed by atoms with Gasteiger partial charge in [0, 0.05) is 13.1 Å². The molecule has 0 aromatic rings. The lowest BCUT2D eigenvalue weighted by atomic mass is 9.76. The molecular formula is C15H33N. The fraction of sp³-hybridized carbons (Fsp3) is 1.00. The highest BCUT2D eigenvalue weighted by Crippen LogP contribution is 2.33. The zero-order valence-electron chi connectivity index (χ0n) is 13.1. The van der Waals surface area contributed by atoms with Gasteiger partial charge in [0.15, 0.2) is 0 Å². The molecule has 16 heavy (non-hydrogen) atoms. The molecular weight excluding hydrogens is 194 g/mol. The van der Waals surface area contributed by atoms with E-state index in [9.17, 15) is 0 Å². The molecule has 0 heterocycles. The van der Waals surface area contributed by atoms with E-state index in [4.69, 9.17) is 0 Å². The maximum absolute atomic E-state index is 2.48. The minimum atomic E-state index is 0.395. The molecule has 0 bridgehead atoms. The van der Waals surface area contributed by atoms with Crippen molar-refractivity contribution in [3.63, 3.8) is 0 Å². The van der Waals surface area contributed by atoms with Crippen molar-refractivity contribution >= 4 is 0 Å². The lowest BCUT2D eigenvalue weighted by molar-refractivity contribution is 0.122. The Labute approximate surface area is 104 Å². The summed E-state index contributed by atoms with van der Waals surface area (Å²) in [6.07, 6.45) is 1.27. The standard InChI is InChI=1S/C15H33N/c1-13(2,3)10-15(7,8)12-16(9)11-14(4,5)6/h10-12H2,1-9H3. The third kappa shape index (κ3) is 9.21. The van der Waals surface area contributed by atoms with Gasteiger partial charge in [0.2, 0.25) is 0 Å². The molecule has 0 fully saturated rings. The van der Waals surface area contributed by atoms with E-state index in [2.05, 4.69) is 67.3 Å². The molecule has 1 nitrogen and oxygen atoms in total. The van der Waals surface area contributed by atoms with Gasteiger partial charge >= 0.3 is 0 Å². The van der Waals surface area contributed by atoms with Crippen molar-refractivity contribution in [1.82, 2.24) is 4.90 Å². The second-order valence-corrected chi connectivity index (χ2v) is 8.63. The minimum Gasteiger partial charge on any atom is -0.305 e. The van der Waals surface area contributed by atoms with Gasteiger partial charge in [-0.15, -0.1) is 0 Å². The van der Waals surface area contributed by atoms with Crippen molar-refractivity contribution in [2.24, 2.45) is 16.2 Å². The van der Waals surface area contributed by atoms with Crippen LogP contribution in [0, 0.1) is 16.2 Å². The summed E-state index contributed by atoms with van der Waals surface area (Å²) in [7, 11) is 2.25. The van der Waals surface area contributed by atoms with E-state index in [1.54, 1.807) is 0 Å². The first-order valence-corrected chi connectivity index (χ1v) is 6.49. The Balaban J connectivity index is 4.26. The SMILES string of the molecule is CN(CC(C)(C)C)CC(C)(C)CC(C)(C)C. The summed E-state index contributed by atoms with van der Waals surface area (Å²) in [4.78, 5) is 2.48. The third-order valence-corrected chi connectivity index (χ3v) is 2.45.